The number of hydrogen-bond acceptors (Lipinski definition) is 2. The van der Waals surface area contributed by atoms with E-state index in [2.05, 4.69) is 15.5 Å². The summed E-state index contributed by atoms with van der Waals surface area (Å²) in [7, 11) is 0. The molecule has 2 N–H and O–H groups in total. The number of H-pyrrole nitrogens is 1. The SMILES string of the molecule is CCNc1cc(-c2ccc(C(F)(F)F)cc2)[nH]n1. The van der Waals surface area contributed by atoms with Gasteiger partial charge in [-0.2, -0.15) is 18.3 Å². The summed E-state index contributed by atoms with van der Waals surface area (Å²) in [5.74, 6) is 0.674. The molecule has 0 bridgehead atoms. The lowest BCUT2D eigenvalue weighted by atomic mass is 10.1. The van der Waals surface area contributed by atoms with Gasteiger partial charge in [0, 0.05) is 12.6 Å². The third-order valence-corrected chi connectivity index (χ3v) is 2.46. The summed E-state index contributed by atoms with van der Waals surface area (Å²) in [5.41, 5.74) is 0.692. The van der Waals surface area contributed by atoms with Crippen LogP contribution in [0.3, 0.4) is 0 Å². The highest BCUT2D eigenvalue weighted by Gasteiger charge is 2.29. The van der Waals surface area contributed by atoms with Gasteiger partial charge in [0.15, 0.2) is 0 Å². The summed E-state index contributed by atoms with van der Waals surface area (Å²) in [6, 6.07) is 6.72. The molecule has 6 heteroatoms. The van der Waals surface area contributed by atoms with E-state index in [9.17, 15) is 13.2 Å². The second-order valence-electron chi connectivity index (χ2n) is 3.77. The van der Waals surface area contributed by atoms with Gasteiger partial charge in [-0.15, -0.1) is 0 Å². The number of rotatable bonds is 3. The predicted octanol–water partition coefficient (Wildman–Crippen LogP) is 3.53. The Labute approximate surface area is 102 Å². The van der Waals surface area contributed by atoms with Crippen LogP contribution in [0.15, 0.2) is 30.3 Å². The molecule has 0 spiro atoms. The van der Waals surface area contributed by atoms with Gasteiger partial charge >= 0.3 is 6.18 Å². The van der Waals surface area contributed by atoms with Gasteiger partial charge in [0.2, 0.25) is 0 Å². The van der Waals surface area contributed by atoms with E-state index < -0.39 is 11.7 Å². The normalized spacial score (nSPS) is 11.6. The number of nitrogens with zero attached hydrogens (tertiary/aromatic N) is 1. The van der Waals surface area contributed by atoms with Crippen LogP contribution in [0.2, 0.25) is 0 Å². The van der Waals surface area contributed by atoms with Crippen molar-refractivity contribution in [2.45, 2.75) is 13.1 Å². The third kappa shape index (κ3) is 2.64. The van der Waals surface area contributed by atoms with E-state index in [0.717, 1.165) is 18.7 Å². The van der Waals surface area contributed by atoms with Crippen LogP contribution in [0.5, 0.6) is 0 Å². The third-order valence-electron chi connectivity index (χ3n) is 2.46. The number of nitrogens with one attached hydrogen (secondary N) is 2. The van der Waals surface area contributed by atoms with Crippen molar-refractivity contribution in [3.05, 3.63) is 35.9 Å². The molecule has 0 saturated heterocycles. The zero-order valence-electron chi connectivity index (χ0n) is 9.67. The van der Waals surface area contributed by atoms with Gasteiger partial charge in [0.25, 0.3) is 0 Å². The average Bonchev–Trinajstić information content (AvgIpc) is 2.77. The highest BCUT2D eigenvalue weighted by Crippen LogP contribution is 2.30. The van der Waals surface area contributed by atoms with Gasteiger partial charge in [0.05, 0.1) is 11.3 Å². The van der Waals surface area contributed by atoms with Gasteiger partial charge in [-0.05, 0) is 24.6 Å². The summed E-state index contributed by atoms with van der Waals surface area (Å²) in [4.78, 5) is 0. The first-order valence-electron chi connectivity index (χ1n) is 5.47. The van der Waals surface area contributed by atoms with Gasteiger partial charge < -0.3 is 5.32 Å². The molecule has 1 aromatic carbocycles. The molecule has 0 atom stereocenters. The Morgan fingerprint density at radius 2 is 1.89 bits per heavy atom. The molecule has 0 unspecified atom stereocenters. The molecule has 0 saturated carbocycles. The zero-order valence-corrected chi connectivity index (χ0v) is 9.67. The largest absolute Gasteiger partial charge is 0.416 e. The number of alkyl halides is 3. The highest BCUT2D eigenvalue weighted by molar-refractivity contribution is 5.63. The quantitative estimate of drug-likeness (QED) is 0.880. The number of aromatic nitrogens is 2. The maximum Gasteiger partial charge on any atom is 0.416 e. The summed E-state index contributed by atoms with van der Waals surface area (Å²) in [6.45, 7) is 2.67. The van der Waals surface area contributed by atoms with Crippen molar-refractivity contribution in [2.24, 2.45) is 0 Å². The van der Waals surface area contributed by atoms with Crippen molar-refractivity contribution >= 4 is 5.82 Å². The average molecular weight is 255 g/mol. The molecule has 1 heterocycles. The van der Waals surface area contributed by atoms with E-state index in [1.807, 2.05) is 6.92 Å². The van der Waals surface area contributed by atoms with Gasteiger partial charge in [0.1, 0.15) is 5.82 Å². The van der Waals surface area contributed by atoms with Gasteiger partial charge in [-0.25, -0.2) is 0 Å². The van der Waals surface area contributed by atoms with Crippen LogP contribution >= 0.6 is 0 Å². The Morgan fingerprint density at radius 1 is 1.22 bits per heavy atom. The van der Waals surface area contributed by atoms with E-state index in [4.69, 9.17) is 0 Å². The van der Waals surface area contributed by atoms with Crippen molar-refractivity contribution in [1.82, 2.24) is 10.2 Å². The molecular formula is C12H12F3N3. The topological polar surface area (TPSA) is 40.7 Å². The van der Waals surface area contributed by atoms with E-state index in [0.29, 0.717) is 17.1 Å². The van der Waals surface area contributed by atoms with Crippen LogP contribution in [-0.2, 0) is 6.18 Å². The van der Waals surface area contributed by atoms with E-state index in [1.165, 1.54) is 12.1 Å². The smallest absolute Gasteiger partial charge is 0.369 e. The van der Waals surface area contributed by atoms with Gasteiger partial charge in [-0.1, -0.05) is 12.1 Å². The number of hydrogen-bond donors (Lipinski definition) is 2. The van der Waals surface area contributed by atoms with Crippen molar-refractivity contribution < 1.29 is 13.2 Å². The Kier molecular flexibility index (Phi) is 3.27. The molecular weight excluding hydrogens is 243 g/mol. The summed E-state index contributed by atoms with van der Waals surface area (Å²) in [5, 5.41) is 9.78. The molecule has 18 heavy (non-hydrogen) atoms. The fourth-order valence-corrected chi connectivity index (χ4v) is 1.58. The lowest BCUT2D eigenvalue weighted by Gasteiger charge is -2.06. The highest BCUT2D eigenvalue weighted by atomic mass is 19.4. The second-order valence-corrected chi connectivity index (χ2v) is 3.77. The van der Waals surface area contributed by atoms with E-state index in [1.54, 1.807) is 6.07 Å². The maximum atomic E-state index is 12.4. The number of benzene rings is 1. The first kappa shape index (κ1) is 12.5. The number of aromatic amines is 1. The molecule has 0 aliphatic carbocycles. The zero-order chi connectivity index (χ0) is 13.2. The minimum Gasteiger partial charge on any atom is -0.369 e. The first-order valence-corrected chi connectivity index (χ1v) is 5.47. The first-order chi connectivity index (χ1) is 8.50. The van der Waals surface area contributed by atoms with Crippen LogP contribution in [0, 0.1) is 0 Å². The Balaban J connectivity index is 2.23. The van der Waals surface area contributed by atoms with Gasteiger partial charge in [-0.3, -0.25) is 5.10 Å². The molecule has 96 valence electrons. The van der Waals surface area contributed by atoms with Crippen molar-refractivity contribution in [3.8, 4) is 11.3 Å². The molecule has 2 rings (SSSR count). The minimum atomic E-state index is -4.30. The summed E-state index contributed by atoms with van der Waals surface area (Å²) in [6.07, 6.45) is -4.30. The van der Waals surface area contributed by atoms with Crippen molar-refractivity contribution in [2.75, 3.05) is 11.9 Å². The molecule has 0 aliphatic heterocycles. The fraction of sp³-hybridized carbons (Fsp3) is 0.250. The van der Waals surface area contributed by atoms with Crippen LogP contribution in [0.25, 0.3) is 11.3 Å². The Morgan fingerprint density at radius 3 is 2.44 bits per heavy atom. The number of halogens is 3. The van der Waals surface area contributed by atoms with E-state index in [-0.39, 0.29) is 0 Å². The molecule has 2 aromatic rings. The maximum absolute atomic E-state index is 12.4. The second kappa shape index (κ2) is 4.72. The lowest BCUT2D eigenvalue weighted by molar-refractivity contribution is -0.137. The number of anilines is 1. The van der Waals surface area contributed by atoms with E-state index >= 15 is 0 Å². The summed E-state index contributed by atoms with van der Waals surface area (Å²) < 4.78 is 37.2. The summed E-state index contributed by atoms with van der Waals surface area (Å²) >= 11 is 0. The standard InChI is InChI=1S/C12H12F3N3/c1-2-16-11-7-10(17-18-11)8-3-5-9(6-4-8)12(13,14)15/h3-7H,2H2,1H3,(H2,16,17,18). The van der Waals surface area contributed by atoms with Crippen molar-refractivity contribution in [3.63, 3.8) is 0 Å². The molecule has 3 nitrogen and oxygen atoms in total. The van der Waals surface area contributed by atoms with Crippen molar-refractivity contribution in [1.29, 1.82) is 0 Å². The molecule has 0 radical (unpaired) electrons. The Hall–Kier alpha value is -1.98. The molecule has 0 fully saturated rings. The van der Waals surface area contributed by atoms with Crippen LogP contribution in [0.1, 0.15) is 12.5 Å². The predicted molar refractivity (Wildman–Crippen MR) is 63.2 cm³/mol. The molecule has 0 aliphatic rings. The minimum absolute atomic E-state index is 0.655. The molecule has 0 amide bonds. The Bertz CT molecular complexity index is 514. The lowest BCUT2D eigenvalue weighted by Crippen LogP contribution is -2.03. The van der Waals surface area contributed by atoms with Crippen LogP contribution in [-0.4, -0.2) is 16.7 Å². The van der Waals surface area contributed by atoms with Crippen LogP contribution in [0.4, 0.5) is 19.0 Å². The van der Waals surface area contributed by atoms with Crippen LogP contribution < -0.4 is 5.32 Å². The fourth-order valence-electron chi connectivity index (χ4n) is 1.58. The monoisotopic (exact) mass is 255 g/mol. The molecule has 1 aromatic heterocycles.